The molecule has 0 saturated heterocycles. The summed E-state index contributed by atoms with van der Waals surface area (Å²) in [4.78, 5) is 23.0. The third kappa shape index (κ3) is 3.48. The average molecular weight is 323 g/mol. The third-order valence-corrected chi connectivity index (χ3v) is 3.97. The summed E-state index contributed by atoms with van der Waals surface area (Å²) in [6, 6.07) is 3.04. The van der Waals surface area contributed by atoms with E-state index in [0.29, 0.717) is 23.3 Å². The summed E-state index contributed by atoms with van der Waals surface area (Å²) < 4.78 is 7.18. The Labute approximate surface area is 131 Å². The Morgan fingerprint density at radius 3 is 2.82 bits per heavy atom. The Hall–Kier alpha value is -2.29. The molecule has 0 aliphatic carbocycles. The van der Waals surface area contributed by atoms with Crippen LogP contribution in [0.15, 0.2) is 28.0 Å². The molecule has 22 heavy (non-hydrogen) atoms. The first-order valence-corrected chi connectivity index (χ1v) is 7.61. The highest BCUT2D eigenvalue weighted by atomic mass is 32.2. The predicted molar refractivity (Wildman–Crippen MR) is 81.3 cm³/mol. The van der Waals surface area contributed by atoms with Gasteiger partial charge in [0, 0.05) is 13.6 Å². The van der Waals surface area contributed by atoms with Gasteiger partial charge in [0.05, 0.1) is 11.5 Å². The molecule has 0 aliphatic heterocycles. The Kier molecular flexibility index (Phi) is 5.21. The first kappa shape index (κ1) is 16.1. The fraction of sp³-hybridized carbons (Fsp3) is 0.385. The number of hydrogen-bond donors (Lipinski definition) is 2. The molecule has 118 valence electrons. The zero-order valence-corrected chi connectivity index (χ0v) is 13.3. The first-order chi connectivity index (χ1) is 10.6. The molecule has 2 rings (SSSR count). The monoisotopic (exact) mass is 323 g/mol. The molecule has 0 fully saturated rings. The molecule has 1 atom stereocenters. The molecule has 0 aliphatic rings. The maximum absolute atomic E-state index is 11.9. The van der Waals surface area contributed by atoms with E-state index in [9.17, 15) is 9.59 Å². The van der Waals surface area contributed by atoms with Crippen molar-refractivity contribution in [2.45, 2.75) is 30.8 Å². The van der Waals surface area contributed by atoms with Gasteiger partial charge < -0.3 is 9.73 Å². The Morgan fingerprint density at radius 1 is 1.45 bits per heavy atom. The van der Waals surface area contributed by atoms with Crippen molar-refractivity contribution in [1.29, 1.82) is 0 Å². The molecule has 0 saturated carbocycles. The van der Waals surface area contributed by atoms with Crippen LogP contribution < -0.4 is 10.6 Å². The van der Waals surface area contributed by atoms with Gasteiger partial charge in [-0.25, -0.2) is 4.79 Å². The maximum Gasteiger partial charge on any atom is 0.321 e. The number of urea groups is 1. The minimum absolute atomic E-state index is 0.394. The van der Waals surface area contributed by atoms with E-state index in [4.69, 9.17) is 4.42 Å². The van der Waals surface area contributed by atoms with Crippen molar-refractivity contribution in [3.05, 3.63) is 18.4 Å². The molecule has 2 N–H and O–H groups in total. The first-order valence-electron chi connectivity index (χ1n) is 6.73. The predicted octanol–water partition coefficient (Wildman–Crippen LogP) is 1.49. The second-order valence-corrected chi connectivity index (χ2v) is 5.66. The van der Waals surface area contributed by atoms with E-state index in [1.165, 1.54) is 18.8 Å². The van der Waals surface area contributed by atoms with Crippen molar-refractivity contribution >= 4 is 23.7 Å². The molecule has 0 radical (unpaired) electrons. The van der Waals surface area contributed by atoms with E-state index in [0.717, 1.165) is 0 Å². The van der Waals surface area contributed by atoms with Crippen LogP contribution in [0.3, 0.4) is 0 Å². The van der Waals surface area contributed by atoms with E-state index in [2.05, 4.69) is 20.8 Å². The molecular weight excluding hydrogens is 306 g/mol. The van der Waals surface area contributed by atoms with Crippen LogP contribution in [0.4, 0.5) is 4.79 Å². The second kappa shape index (κ2) is 7.12. The van der Waals surface area contributed by atoms with Gasteiger partial charge >= 0.3 is 6.03 Å². The van der Waals surface area contributed by atoms with Gasteiger partial charge in [-0.1, -0.05) is 11.8 Å². The molecule has 0 spiro atoms. The lowest BCUT2D eigenvalue weighted by molar-refractivity contribution is -0.119. The van der Waals surface area contributed by atoms with Crippen LogP contribution in [-0.4, -0.2) is 39.0 Å². The quantitative estimate of drug-likeness (QED) is 0.808. The number of imide groups is 1. The summed E-state index contributed by atoms with van der Waals surface area (Å²) in [5.74, 6) is 0.826. The van der Waals surface area contributed by atoms with Crippen LogP contribution in [0.1, 0.15) is 13.8 Å². The molecule has 9 heteroatoms. The number of thioether (sulfide) groups is 1. The van der Waals surface area contributed by atoms with E-state index in [1.54, 1.807) is 25.3 Å². The summed E-state index contributed by atoms with van der Waals surface area (Å²) in [6.45, 7) is 4.29. The Morgan fingerprint density at radius 2 is 2.23 bits per heavy atom. The number of hydrogen-bond acceptors (Lipinski definition) is 6. The van der Waals surface area contributed by atoms with E-state index in [1.807, 2.05) is 11.5 Å². The molecule has 2 heterocycles. The maximum atomic E-state index is 11.9. The minimum Gasteiger partial charge on any atom is -0.461 e. The number of nitrogens with one attached hydrogen (secondary N) is 2. The summed E-state index contributed by atoms with van der Waals surface area (Å²) in [6.07, 6.45) is 1.57. The lowest BCUT2D eigenvalue weighted by Crippen LogP contribution is -2.41. The molecule has 8 nitrogen and oxygen atoms in total. The minimum atomic E-state index is -0.536. The Balaban J connectivity index is 2.13. The summed E-state index contributed by atoms with van der Waals surface area (Å²) in [5.41, 5.74) is 0. The summed E-state index contributed by atoms with van der Waals surface area (Å²) >= 11 is 1.23. The molecule has 0 bridgehead atoms. The van der Waals surface area contributed by atoms with Gasteiger partial charge in [0.1, 0.15) is 0 Å². The molecule has 2 aromatic rings. The number of furan rings is 1. The molecular formula is C13H17N5O3S. The smallest absolute Gasteiger partial charge is 0.321 e. The van der Waals surface area contributed by atoms with Gasteiger partial charge in [-0.3, -0.25) is 14.7 Å². The van der Waals surface area contributed by atoms with E-state index in [-0.39, 0.29) is 0 Å². The Bertz CT molecular complexity index is 653. The van der Waals surface area contributed by atoms with Gasteiger partial charge in [0.25, 0.3) is 0 Å². The van der Waals surface area contributed by atoms with Crippen LogP contribution in [0.25, 0.3) is 11.6 Å². The van der Waals surface area contributed by atoms with Crippen molar-refractivity contribution < 1.29 is 14.0 Å². The van der Waals surface area contributed by atoms with Crippen molar-refractivity contribution in [2.75, 3.05) is 7.05 Å². The van der Waals surface area contributed by atoms with E-state index >= 15 is 0 Å². The van der Waals surface area contributed by atoms with E-state index < -0.39 is 17.2 Å². The fourth-order valence-corrected chi connectivity index (χ4v) is 2.65. The topological polar surface area (TPSA) is 102 Å². The number of carbonyl (C=O) groups excluding carboxylic acids is 2. The number of carbonyl (C=O) groups is 2. The van der Waals surface area contributed by atoms with Gasteiger partial charge in [0.2, 0.25) is 5.91 Å². The highest BCUT2D eigenvalue weighted by Crippen LogP contribution is 2.26. The van der Waals surface area contributed by atoms with Crippen LogP contribution in [-0.2, 0) is 11.3 Å². The van der Waals surface area contributed by atoms with Crippen LogP contribution in [0.5, 0.6) is 0 Å². The fourth-order valence-electron chi connectivity index (χ4n) is 1.74. The number of nitrogens with zero attached hydrogens (tertiary/aromatic N) is 3. The SMILES string of the molecule is CCn1c(SC(C)C(=O)NC(=O)NC)nnc1-c1ccco1. The second-order valence-electron chi connectivity index (χ2n) is 4.36. The normalized spacial score (nSPS) is 12.0. The number of rotatable bonds is 5. The van der Waals surface area contributed by atoms with Gasteiger partial charge in [-0.15, -0.1) is 10.2 Å². The zero-order valence-electron chi connectivity index (χ0n) is 12.5. The zero-order chi connectivity index (χ0) is 16.1. The van der Waals surface area contributed by atoms with Crippen molar-refractivity contribution in [3.8, 4) is 11.6 Å². The average Bonchev–Trinajstić information content (AvgIpc) is 3.15. The highest BCUT2D eigenvalue weighted by Gasteiger charge is 2.22. The molecule has 0 aromatic carbocycles. The molecule has 1 unspecified atom stereocenters. The lowest BCUT2D eigenvalue weighted by Gasteiger charge is -2.11. The molecule has 3 amide bonds. The van der Waals surface area contributed by atoms with Gasteiger partial charge in [-0.2, -0.15) is 0 Å². The third-order valence-electron chi connectivity index (χ3n) is 2.89. The standard InChI is InChI=1S/C13H17N5O3S/c1-4-18-10(9-6-5-7-21-9)16-17-13(18)22-8(2)11(19)15-12(20)14-3/h5-8H,4H2,1-3H3,(H2,14,15,19,20). The van der Waals surface area contributed by atoms with Crippen molar-refractivity contribution in [2.24, 2.45) is 0 Å². The van der Waals surface area contributed by atoms with Crippen molar-refractivity contribution in [1.82, 2.24) is 25.4 Å². The van der Waals surface area contributed by atoms with Crippen LogP contribution in [0, 0.1) is 0 Å². The number of amides is 3. The number of aromatic nitrogens is 3. The molecule has 2 aromatic heterocycles. The van der Waals surface area contributed by atoms with Crippen LogP contribution >= 0.6 is 11.8 Å². The largest absolute Gasteiger partial charge is 0.461 e. The highest BCUT2D eigenvalue weighted by molar-refractivity contribution is 8.00. The van der Waals surface area contributed by atoms with Crippen LogP contribution in [0.2, 0.25) is 0 Å². The summed E-state index contributed by atoms with van der Waals surface area (Å²) in [5, 5.41) is 12.9. The van der Waals surface area contributed by atoms with Gasteiger partial charge in [0.15, 0.2) is 16.7 Å². The lowest BCUT2D eigenvalue weighted by atomic mass is 10.4. The van der Waals surface area contributed by atoms with Crippen molar-refractivity contribution in [3.63, 3.8) is 0 Å². The summed E-state index contributed by atoms with van der Waals surface area (Å²) in [7, 11) is 1.45. The van der Waals surface area contributed by atoms with Gasteiger partial charge in [-0.05, 0) is 26.0 Å².